The molecule has 1 aromatic carbocycles. The van der Waals surface area contributed by atoms with Crippen molar-refractivity contribution in [1.82, 2.24) is 5.32 Å². The molecule has 1 unspecified atom stereocenters. The van der Waals surface area contributed by atoms with Crippen LogP contribution in [0.3, 0.4) is 0 Å². The third-order valence-corrected chi connectivity index (χ3v) is 4.06. The summed E-state index contributed by atoms with van der Waals surface area (Å²) in [5, 5.41) is 12.0. The van der Waals surface area contributed by atoms with Gasteiger partial charge in [0.05, 0.1) is 5.41 Å². The standard InChI is InChI=1S/C16H24N2O3/c1-3-16(4-2,15(20)21)11-18-14(19)10-13(17)12-8-6-5-7-9-12/h5-9,13H,3-4,10-11,17H2,1-2H3,(H,18,19)(H,20,21). The molecule has 0 aliphatic heterocycles. The minimum absolute atomic E-state index is 0.135. The summed E-state index contributed by atoms with van der Waals surface area (Å²) >= 11 is 0. The van der Waals surface area contributed by atoms with Crippen molar-refractivity contribution in [3.05, 3.63) is 35.9 Å². The van der Waals surface area contributed by atoms with Crippen molar-refractivity contribution in [2.24, 2.45) is 11.1 Å². The predicted octanol–water partition coefficient (Wildman–Crippen LogP) is 2.08. The zero-order valence-electron chi connectivity index (χ0n) is 12.6. The van der Waals surface area contributed by atoms with Crippen LogP contribution >= 0.6 is 0 Å². The first-order valence-corrected chi connectivity index (χ1v) is 7.25. The van der Waals surface area contributed by atoms with Gasteiger partial charge in [0.1, 0.15) is 0 Å². The van der Waals surface area contributed by atoms with E-state index in [0.717, 1.165) is 5.56 Å². The molecule has 1 amide bonds. The Balaban J connectivity index is 2.56. The topological polar surface area (TPSA) is 92.4 Å². The minimum Gasteiger partial charge on any atom is -0.481 e. The van der Waals surface area contributed by atoms with E-state index in [1.165, 1.54) is 0 Å². The van der Waals surface area contributed by atoms with Crippen molar-refractivity contribution < 1.29 is 14.7 Å². The maximum Gasteiger partial charge on any atom is 0.311 e. The van der Waals surface area contributed by atoms with Gasteiger partial charge in [-0.3, -0.25) is 9.59 Å². The first-order valence-electron chi connectivity index (χ1n) is 7.25. The van der Waals surface area contributed by atoms with Gasteiger partial charge in [-0.2, -0.15) is 0 Å². The number of nitrogens with two attached hydrogens (primary N) is 1. The molecule has 5 nitrogen and oxygen atoms in total. The van der Waals surface area contributed by atoms with E-state index in [1.807, 2.05) is 44.2 Å². The fourth-order valence-electron chi connectivity index (χ4n) is 2.24. The monoisotopic (exact) mass is 292 g/mol. The fraction of sp³-hybridized carbons (Fsp3) is 0.500. The Kier molecular flexibility index (Phi) is 6.37. The molecule has 0 bridgehead atoms. The van der Waals surface area contributed by atoms with Crippen molar-refractivity contribution in [2.75, 3.05) is 6.54 Å². The number of carbonyl (C=O) groups excluding carboxylic acids is 1. The van der Waals surface area contributed by atoms with Gasteiger partial charge in [0.15, 0.2) is 0 Å². The first kappa shape index (κ1) is 17.2. The lowest BCUT2D eigenvalue weighted by atomic mass is 9.82. The Morgan fingerprint density at radius 3 is 2.29 bits per heavy atom. The van der Waals surface area contributed by atoms with Crippen LogP contribution in [0.25, 0.3) is 0 Å². The van der Waals surface area contributed by atoms with Crippen LogP contribution in [-0.2, 0) is 9.59 Å². The number of carbonyl (C=O) groups is 2. The van der Waals surface area contributed by atoms with E-state index < -0.39 is 11.4 Å². The summed E-state index contributed by atoms with van der Waals surface area (Å²) in [5.74, 6) is -1.10. The molecule has 1 rings (SSSR count). The van der Waals surface area contributed by atoms with Gasteiger partial charge in [-0.15, -0.1) is 0 Å². The van der Waals surface area contributed by atoms with E-state index in [4.69, 9.17) is 5.73 Å². The van der Waals surface area contributed by atoms with Crippen molar-refractivity contribution >= 4 is 11.9 Å². The summed E-state index contributed by atoms with van der Waals surface area (Å²) in [6.07, 6.45) is 1.10. The second kappa shape index (κ2) is 7.78. The number of nitrogens with one attached hydrogen (secondary N) is 1. The van der Waals surface area contributed by atoms with Crippen LogP contribution in [0.15, 0.2) is 30.3 Å². The average molecular weight is 292 g/mol. The summed E-state index contributed by atoms with van der Waals surface area (Å²) in [7, 11) is 0. The van der Waals surface area contributed by atoms with Crippen molar-refractivity contribution in [2.45, 2.75) is 39.2 Å². The Morgan fingerprint density at radius 2 is 1.81 bits per heavy atom. The van der Waals surface area contributed by atoms with E-state index >= 15 is 0 Å². The van der Waals surface area contributed by atoms with E-state index in [0.29, 0.717) is 12.8 Å². The van der Waals surface area contributed by atoms with E-state index in [2.05, 4.69) is 5.32 Å². The number of carboxylic acid groups (broad SMARTS) is 1. The molecular weight excluding hydrogens is 268 g/mol. The summed E-state index contributed by atoms with van der Waals surface area (Å²) < 4.78 is 0. The lowest BCUT2D eigenvalue weighted by Gasteiger charge is -2.27. The normalized spacial score (nSPS) is 12.7. The highest BCUT2D eigenvalue weighted by molar-refractivity contribution is 5.79. The first-order chi connectivity index (χ1) is 9.95. The highest BCUT2D eigenvalue weighted by Gasteiger charge is 2.35. The lowest BCUT2D eigenvalue weighted by Crippen LogP contribution is -2.42. The molecule has 5 heteroatoms. The molecule has 4 N–H and O–H groups in total. The van der Waals surface area contributed by atoms with Crippen molar-refractivity contribution in [1.29, 1.82) is 0 Å². The molecule has 1 aromatic rings. The molecule has 0 aliphatic rings. The zero-order valence-corrected chi connectivity index (χ0v) is 12.6. The molecule has 0 fully saturated rings. The molecule has 0 saturated heterocycles. The van der Waals surface area contributed by atoms with E-state index in [9.17, 15) is 14.7 Å². The molecule has 0 radical (unpaired) electrons. The molecule has 21 heavy (non-hydrogen) atoms. The largest absolute Gasteiger partial charge is 0.481 e. The molecule has 0 heterocycles. The fourth-order valence-corrected chi connectivity index (χ4v) is 2.24. The highest BCUT2D eigenvalue weighted by atomic mass is 16.4. The summed E-state index contributed by atoms with van der Waals surface area (Å²) in [5.41, 5.74) is 5.98. The summed E-state index contributed by atoms with van der Waals surface area (Å²) in [4.78, 5) is 23.3. The predicted molar refractivity (Wildman–Crippen MR) is 81.6 cm³/mol. The van der Waals surface area contributed by atoms with Crippen LogP contribution in [0.4, 0.5) is 0 Å². The van der Waals surface area contributed by atoms with Gasteiger partial charge in [-0.1, -0.05) is 44.2 Å². The number of carboxylic acids is 1. The average Bonchev–Trinajstić information content (AvgIpc) is 2.49. The third-order valence-electron chi connectivity index (χ3n) is 4.06. The molecular formula is C16H24N2O3. The van der Waals surface area contributed by atoms with Crippen LogP contribution in [-0.4, -0.2) is 23.5 Å². The van der Waals surface area contributed by atoms with Gasteiger partial charge in [0.25, 0.3) is 0 Å². The Hall–Kier alpha value is -1.88. The van der Waals surface area contributed by atoms with Gasteiger partial charge < -0.3 is 16.2 Å². The third kappa shape index (κ3) is 4.56. The number of amides is 1. The molecule has 1 atom stereocenters. The zero-order chi connectivity index (χ0) is 15.9. The van der Waals surface area contributed by atoms with Crippen LogP contribution in [0, 0.1) is 5.41 Å². The van der Waals surface area contributed by atoms with Crippen molar-refractivity contribution in [3.63, 3.8) is 0 Å². The van der Waals surface area contributed by atoms with Crippen LogP contribution in [0.5, 0.6) is 0 Å². The van der Waals surface area contributed by atoms with Gasteiger partial charge >= 0.3 is 5.97 Å². The molecule has 116 valence electrons. The van der Waals surface area contributed by atoms with Gasteiger partial charge in [0, 0.05) is 19.0 Å². The van der Waals surface area contributed by atoms with Gasteiger partial charge in [0.2, 0.25) is 5.91 Å². The Bertz CT molecular complexity index is 470. The van der Waals surface area contributed by atoms with Crippen molar-refractivity contribution in [3.8, 4) is 0 Å². The SMILES string of the molecule is CCC(CC)(CNC(=O)CC(N)c1ccccc1)C(=O)O. The van der Waals surface area contributed by atoms with Gasteiger partial charge in [-0.25, -0.2) is 0 Å². The van der Waals surface area contributed by atoms with E-state index in [1.54, 1.807) is 0 Å². The highest BCUT2D eigenvalue weighted by Crippen LogP contribution is 2.25. The Morgan fingerprint density at radius 1 is 1.24 bits per heavy atom. The van der Waals surface area contributed by atoms with Crippen LogP contribution in [0.2, 0.25) is 0 Å². The Labute approximate surface area is 125 Å². The second-order valence-corrected chi connectivity index (χ2v) is 5.29. The maximum atomic E-state index is 11.9. The number of hydrogen-bond acceptors (Lipinski definition) is 3. The van der Waals surface area contributed by atoms with Crippen LogP contribution < -0.4 is 11.1 Å². The second-order valence-electron chi connectivity index (χ2n) is 5.29. The summed E-state index contributed by atoms with van der Waals surface area (Å²) in [6.45, 7) is 3.77. The molecule has 0 spiro atoms. The maximum absolute atomic E-state index is 11.9. The van der Waals surface area contributed by atoms with Crippen LogP contribution in [0.1, 0.15) is 44.7 Å². The smallest absolute Gasteiger partial charge is 0.311 e. The molecule has 0 aromatic heterocycles. The number of rotatable bonds is 8. The lowest BCUT2D eigenvalue weighted by molar-refractivity contribution is -0.149. The number of benzene rings is 1. The van der Waals surface area contributed by atoms with E-state index in [-0.39, 0.29) is 24.9 Å². The number of aliphatic carboxylic acids is 1. The molecule has 0 saturated carbocycles. The quantitative estimate of drug-likeness (QED) is 0.684. The number of hydrogen-bond donors (Lipinski definition) is 3. The summed E-state index contributed by atoms with van der Waals surface area (Å²) in [6, 6.07) is 9.00. The molecule has 0 aliphatic carbocycles. The minimum atomic E-state index is -0.896. The van der Waals surface area contributed by atoms with Gasteiger partial charge in [-0.05, 0) is 18.4 Å².